The van der Waals surface area contributed by atoms with E-state index < -0.39 is 5.82 Å². The fourth-order valence-electron chi connectivity index (χ4n) is 2.05. The second-order valence-electron chi connectivity index (χ2n) is 4.20. The van der Waals surface area contributed by atoms with Crippen LogP contribution >= 0.6 is 11.6 Å². The first-order valence-electron chi connectivity index (χ1n) is 5.87. The number of rotatable bonds is 2. The molecule has 0 aliphatic carbocycles. The Balaban J connectivity index is 2.25. The minimum atomic E-state index is -0.521. The molecule has 3 rings (SSSR count). The maximum absolute atomic E-state index is 14.2. The van der Waals surface area contributed by atoms with Gasteiger partial charge in [-0.05, 0) is 18.2 Å². The van der Waals surface area contributed by atoms with Crippen LogP contribution in [0.2, 0.25) is 5.02 Å². The molecule has 3 N–H and O–H groups in total. The highest BCUT2D eigenvalue weighted by atomic mass is 35.5. The molecule has 0 saturated heterocycles. The lowest BCUT2D eigenvalue weighted by Gasteiger charge is -2.06. The molecule has 0 fully saturated rings. The molecule has 0 amide bonds. The van der Waals surface area contributed by atoms with E-state index in [1.807, 2.05) is 6.07 Å². The molecule has 100 valence electrons. The largest absolute Gasteiger partial charge is 0.382 e. The summed E-state index contributed by atoms with van der Waals surface area (Å²) in [4.78, 5) is 4.04. The average molecular weight is 289 g/mol. The molecule has 0 spiro atoms. The molecule has 0 unspecified atom stereocenters. The third kappa shape index (κ3) is 2.02. The van der Waals surface area contributed by atoms with Gasteiger partial charge in [-0.25, -0.2) is 4.39 Å². The fraction of sp³-hybridized carbons (Fsp3) is 0. The number of nitrogens with one attached hydrogen (secondary N) is 1. The SMILES string of the molecule is Nc1n[nH]c(-c2cccnc2)c1-c1cccc(Cl)c1F. The molecule has 0 aliphatic heterocycles. The number of nitrogen functional groups attached to an aromatic ring is 1. The van der Waals surface area contributed by atoms with Crippen molar-refractivity contribution in [1.29, 1.82) is 0 Å². The summed E-state index contributed by atoms with van der Waals surface area (Å²) in [5.41, 5.74) is 8.03. The predicted molar refractivity (Wildman–Crippen MR) is 76.6 cm³/mol. The van der Waals surface area contributed by atoms with Gasteiger partial charge in [-0.15, -0.1) is 0 Å². The van der Waals surface area contributed by atoms with Crippen molar-refractivity contribution < 1.29 is 4.39 Å². The molecule has 1 aromatic carbocycles. The van der Waals surface area contributed by atoms with Gasteiger partial charge in [0.05, 0.1) is 16.3 Å². The van der Waals surface area contributed by atoms with Crippen LogP contribution in [0.5, 0.6) is 0 Å². The summed E-state index contributed by atoms with van der Waals surface area (Å²) in [5.74, 6) is -0.308. The quantitative estimate of drug-likeness (QED) is 0.758. The second kappa shape index (κ2) is 4.94. The molecule has 0 bridgehead atoms. The van der Waals surface area contributed by atoms with Gasteiger partial charge in [0.25, 0.3) is 0 Å². The lowest BCUT2D eigenvalue weighted by atomic mass is 10.0. The van der Waals surface area contributed by atoms with Crippen molar-refractivity contribution in [2.24, 2.45) is 0 Å². The summed E-state index contributed by atoms with van der Waals surface area (Å²) in [6.45, 7) is 0. The third-order valence-electron chi connectivity index (χ3n) is 2.97. The van der Waals surface area contributed by atoms with Crippen molar-refractivity contribution in [3.8, 4) is 22.4 Å². The van der Waals surface area contributed by atoms with Crippen molar-refractivity contribution in [3.05, 3.63) is 53.6 Å². The fourth-order valence-corrected chi connectivity index (χ4v) is 2.22. The zero-order valence-corrected chi connectivity index (χ0v) is 11.0. The first-order chi connectivity index (χ1) is 9.68. The molecule has 0 atom stereocenters. The highest BCUT2D eigenvalue weighted by molar-refractivity contribution is 6.31. The number of H-pyrrole nitrogens is 1. The van der Waals surface area contributed by atoms with Crippen LogP contribution in [0.1, 0.15) is 0 Å². The van der Waals surface area contributed by atoms with Crippen molar-refractivity contribution >= 4 is 17.4 Å². The Bertz CT molecular complexity index is 755. The van der Waals surface area contributed by atoms with E-state index in [2.05, 4.69) is 15.2 Å². The maximum Gasteiger partial charge on any atom is 0.153 e. The highest BCUT2D eigenvalue weighted by Gasteiger charge is 2.19. The van der Waals surface area contributed by atoms with E-state index in [1.165, 1.54) is 6.07 Å². The molecule has 3 aromatic rings. The molecule has 20 heavy (non-hydrogen) atoms. The zero-order chi connectivity index (χ0) is 14.1. The Morgan fingerprint density at radius 2 is 2.05 bits per heavy atom. The summed E-state index contributed by atoms with van der Waals surface area (Å²) < 4.78 is 14.2. The van der Waals surface area contributed by atoms with Crippen LogP contribution in [-0.4, -0.2) is 15.2 Å². The number of aromatic amines is 1. The Kier molecular flexibility index (Phi) is 3.12. The number of aromatic nitrogens is 3. The van der Waals surface area contributed by atoms with Gasteiger partial charge in [0, 0.05) is 23.5 Å². The standard InChI is InChI=1S/C14H10ClFN4/c15-10-5-1-4-9(12(10)16)11-13(19-20-14(11)17)8-3-2-6-18-7-8/h1-7H,(H3,17,19,20). The normalized spacial score (nSPS) is 10.7. The van der Waals surface area contributed by atoms with Crippen LogP contribution in [-0.2, 0) is 0 Å². The summed E-state index contributed by atoms with van der Waals surface area (Å²) in [6.07, 6.45) is 3.31. The van der Waals surface area contributed by atoms with E-state index in [4.69, 9.17) is 17.3 Å². The van der Waals surface area contributed by atoms with E-state index >= 15 is 0 Å². The smallest absolute Gasteiger partial charge is 0.153 e. The Hall–Kier alpha value is -2.40. The number of hydrogen-bond acceptors (Lipinski definition) is 3. The van der Waals surface area contributed by atoms with Gasteiger partial charge < -0.3 is 5.73 Å². The van der Waals surface area contributed by atoms with Crippen LogP contribution in [0, 0.1) is 5.82 Å². The Labute approximate surface area is 119 Å². The minimum Gasteiger partial charge on any atom is -0.382 e. The number of hydrogen-bond donors (Lipinski definition) is 2. The third-order valence-corrected chi connectivity index (χ3v) is 3.26. The van der Waals surface area contributed by atoms with E-state index in [1.54, 1.807) is 30.6 Å². The minimum absolute atomic E-state index is 0.0419. The van der Waals surface area contributed by atoms with E-state index in [9.17, 15) is 4.39 Å². The average Bonchev–Trinajstić information content (AvgIpc) is 2.85. The molecule has 2 aromatic heterocycles. The lowest BCUT2D eigenvalue weighted by molar-refractivity contribution is 0.632. The summed E-state index contributed by atoms with van der Waals surface area (Å²) in [7, 11) is 0. The summed E-state index contributed by atoms with van der Waals surface area (Å²) in [5, 5.41) is 6.81. The number of nitrogens with zero attached hydrogens (tertiary/aromatic N) is 2. The van der Waals surface area contributed by atoms with Crippen LogP contribution in [0.15, 0.2) is 42.7 Å². The Morgan fingerprint density at radius 3 is 2.80 bits per heavy atom. The molecule has 4 nitrogen and oxygen atoms in total. The monoisotopic (exact) mass is 288 g/mol. The van der Waals surface area contributed by atoms with Crippen LogP contribution in [0.25, 0.3) is 22.4 Å². The van der Waals surface area contributed by atoms with Gasteiger partial charge in [-0.2, -0.15) is 5.10 Å². The van der Waals surface area contributed by atoms with Crippen molar-refractivity contribution in [3.63, 3.8) is 0 Å². The van der Waals surface area contributed by atoms with Gasteiger partial charge in [-0.1, -0.05) is 23.7 Å². The molecule has 2 heterocycles. The maximum atomic E-state index is 14.2. The molecular weight excluding hydrogens is 279 g/mol. The predicted octanol–water partition coefficient (Wildman–Crippen LogP) is 3.51. The molecule has 0 radical (unpaired) electrons. The number of benzene rings is 1. The molecule has 0 aliphatic rings. The molecular formula is C14H10ClFN4. The number of anilines is 1. The first-order valence-corrected chi connectivity index (χ1v) is 6.25. The first kappa shape index (κ1) is 12.6. The van der Waals surface area contributed by atoms with Crippen LogP contribution in [0.4, 0.5) is 10.2 Å². The Morgan fingerprint density at radius 1 is 1.20 bits per heavy atom. The van der Waals surface area contributed by atoms with Crippen molar-refractivity contribution in [2.75, 3.05) is 5.73 Å². The zero-order valence-electron chi connectivity index (χ0n) is 10.3. The lowest BCUT2D eigenvalue weighted by Crippen LogP contribution is -1.92. The van der Waals surface area contributed by atoms with Gasteiger partial charge >= 0.3 is 0 Å². The number of pyridine rings is 1. The van der Waals surface area contributed by atoms with Gasteiger partial charge in [0.2, 0.25) is 0 Å². The number of halogens is 2. The van der Waals surface area contributed by atoms with E-state index in [-0.39, 0.29) is 10.8 Å². The molecule has 6 heteroatoms. The number of nitrogens with two attached hydrogens (primary N) is 1. The van der Waals surface area contributed by atoms with Crippen molar-refractivity contribution in [2.45, 2.75) is 0 Å². The van der Waals surface area contributed by atoms with Gasteiger partial charge in [0.15, 0.2) is 5.82 Å². The van der Waals surface area contributed by atoms with E-state index in [0.29, 0.717) is 16.8 Å². The van der Waals surface area contributed by atoms with Crippen LogP contribution in [0.3, 0.4) is 0 Å². The van der Waals surface area contributed by atoms with Crippen LogP contribution < -0.4 is 5.73 Å². The summed E-state index contributed by atoms with van der Waals surface area (Å²) >= 11 is 5.82. The topological polar surface area (TPSA) is 67.6 Å². The molecule has 0 saturated carbocycles. The van der Waals surface area contributed by atoms with Crippen molar-refractivity contribution in [1.82, 2.24) is 15.2 Å². The summed E-state index contributed by atoms with van der Waals surface area (Å²) in [6, 6.07) is 8.39. The highest BCUT2D eigenvalue weighted by Crippen LogP contribution is 2.37. The second-order valence-corrected chi connectivity index (χ2v) is 4.61. The van der Waals surface area contributed by atoms with Gasteiger partial charge in [0.1, 0.15) is 5.82 Å². The van der Waals surface area contributed by atoms with E-state index in [0.717, 1.165) is 5.56 Å². The van der Waals surface area contributed by atoms with Gasteiger partial charge in [-0.3, -0.25) is 10.1 Å².